The lowest BCUT2D eigenvalue weighted by atomic mass is 9.95. The summed E-state index contributed by atoms with van der Waals surface area (Å²) in [6, 6.07) is 3.52. The fraction of sp³-hybridized carbons (Fsp3) is 0.600. The summed E-state index contributed by atoms with van der Waals surface area (Å²) >= 11 is 0. The molecule has 3 heterocycles. The SMILES string of the molecule is C[Si](C)(C)CCOCn1ccc2c1ncc1[nH]c(=O)n(C3CCCCC3)c12. The van der Waals surface area contributed by atoms with E-state index in [0.29, 0.717) is 12.8 Å². The van der Waals surface area contributed by atoms with Crippen molar-refractivity contribution in [2.45, 2.75) is 70.6 Å². The van der Waals surface area contributed by atoms with Crippen LogP contribution in [0, 0.1) is 0 Å². The van der Waals surface area contributed by atoms with E-state index in [4.69, 9.17) is 4.74 Å². The van der Waals surface area contributed by atoms with E-state index < -0.39 is 8.07 Å². The predicted octanol–water partition coefficient (Wildman–Crippen LogP) is 4.50. The van der Waals surface area contributed by atoms with Gasteiger partial charge in [-0.15, -0.1) is 0 Å². The zero-order valence-electron chi connectivity index (χ0n) is 16.6. The molecule has 4 rings (SSSR count). The molecule has 0 aromatic carbocycles. The topological polar surface area (TPSA) is 64.8 Å². The highest BCUT2D eigenvalue weighted by atomic mass is 28.3. The Morgan fingerprint density at radius 2 is 2.04 bits per heavy atom. The largest absolute Gasteiger partial charge is 0.361 e. The van der Waals surface area contributed by atoms with E-state index in [2.05, 4.69) is 35.7 Å². The Hall–Kier alpha value is -1.86. The van der Waals surface area contributed by atoms with Crippen molar-refractivity contribution >= 4 is 30.1 Å². The van der Waals surface area contributed by atoms with Crippen molar-refractivity contribution in [1.82, 2.24) is 19.1 Å². The number of hydrogen-bond acceptors (Lipinski definition) is 3. The standard InChI is InChI=1S/C20H30N4O2Si/c1-27(2,3)12-11-26-14-23-10-9-16-18-17(13-21-19(16)23)22-20(25)24(18)15-7-5-4-6-8-15/h9-10,13,15H,4-8,11-12,14H2,1-3H3,(H,22,25). The van der Waals surface area contributed by atoms with E-state index >= 15 is 0 Å². The lowest BCUT2D eigenvalue weighted by Crippen LogP contribution is -2.24. The molecular weight excluding hydrogens is 356 g/mol. The molecule has 0 aliphatic heterocycles. The highest BCUT2D eigenvalue weighted by molar-refractivity contribution is 6.76. The van der Waals surface area contributed by atoms with Crippen LogP contribution in [0.2, 0.25) is 25.7 Å². The van der Waals surface area contributed by atoms with Crippen LogP contribution >= 0.6 is 0 Å². The van der Waals surface area contributed by atoms with Crippen LogP contribution in [-0.4, -0.2) is 33.8 Å². The molecule has 0 radical (unpaired) electrons. The highest BCUT2D eigenvalue weighted by Gasteiger charge is 2.22. The first-order chi connectivity index (χ1) is 12.9. The maximum atomic E-state index is 12.6. The molecule has 0 amide bonds. The van der Waals surface area contributed by atoms with Gasteiger partial charge < -0.3 is 14.3 Å². The monoisotopic (exact) mass is 386 g/mol. The summed E-state index contributed by atoms with van der Waals surface area (Å²) in [7, 11) is -1.09. The van der Waals surface area contributed by atoms with E-state index in [0.717, 1.165) is 47.6 Å². The molecule has 0 unspecified atom stereocenters. The van der Waals surface area contributed by atoms with Crippen molar-refractivity contribution in [3.05, 3.63) is 28.9 Å². The third-order valence-electron chi connectivity index (χ3n) is 5.63. The molecule has 1 aliphatic rings. The summed E-state index contributed by atoms with van der Waals surface area (Å²) < 4.78 is 9.93. The minimum Gasteiger partial charge on any atom is -0.361 e. The average Bonchev–Trinajstić information content (AvgIpc) is 3.18. The first kappa shape index (κ1) is 18.5. The molecule has 1 aliphatic carbocycles. The zero-order chi connectivity index (χ0) is 19.0. The van der Waals surface area contributed by atoms with Crippen LogP contribution in [0.1, 0.15) is 38.1 Å². The van der Waals surface area contributed by atoms with Crippen molar-refractivity contribution in [1.29, 1.82) is 0 Å². The van der Waals surface area contributed by atoms with Gasteiger partial charge in [-0.3, -0.25) is 4.57 Å². The van der Waals surface area contributed by atoms with Crippen LogP contribution < -0.4 is 5.69 Å². The Balaban J connectivity index is 1.66. The van der Waals surface area contributed by atoms with E-state index in [1.54, 1.807) is 6.20 Å². The molecule has 0 atom stereocenters. The Labute approximate surface area is 160 Å². The summed E-state index contributed by atoms with van der Waals surface area (Å²) in [5.74, 6) is 0. The predicted molar refractivity (Wildman–Crippen MR) is 112 cm³/mol. The Morgan fingerprint density at radius 1 is 1.26 bits per heavy atom. The van der Waals surface area contributed by atoms with Crippen molar-refractivity contribution in [2.75, 3.05) is 6.61 Å². The number of imidazole rings is 1. The molecule has 7 heteroatoms. The van der Waals surface area contributed by atoms with Crippen LogP contribution in [0.25, 0.3) is 22.1 Å². The number of H-pyrrole nitrogens is 1. The summed E-state index contributed by atoms with van der Waals surface area (Å²) in [5, 5.41) is 1.03. The second-order valence-corrected chi connectivity index (χ2v) is 14.6. The second kappa shape index (κ2) is 7.28. The third kappa shape index (κ3) is 3.75. The normalized spacial score (nSPS) is 16.6. The lowest BCUT2D eigenvalue weighted by molar-refractivity contribution is 0.0899. The highest BCUT2D eigenvalue weighted by Crippen LogP contribution is 2.32. The number of nitrogens with zero attached hydrogens (tertiary/aromatic N) is 3. The Bertz CT molecular complexity index is 989. The molecule has 1 N–H and O–H groups in total. The van der Waals surface area contributed by atoms with E-state index in [1.165, 1.54) is 19.3 Å². The van der Waals surface area contributed by atoms with Crippen LogP contribution in [0.15, 0.2) is 23.3 Å². The molecule has 0 spiro atoms. The maximum absolute atomic E-state index is 12.6. The molecule has 6 nitrogen and oxygen atoms in total. The van der Waals surface area contributed by atoms with E-state index in [-0.39, 0.29) is 5.69 Å². The fourth-order valence-electron chi connectivity index (χ4n) is 4.09. The molecule has 3 aromatic rings. The number of aromatic amines is 1. The van der Waals surface area contributed by atoms with Gasteiger partial charge in [-0.05, 0) is 25.0 Å². The van der Waals surface area contributed by atoms with Gasteiger partial charge >= 0.3 is 5.69 Å². The van der Waals surface area contributed by atoms with Gasteiger partial charge in [0.05, 0.1) is 17.2 Å². The Morgan fingerprint density at radius 3 is 2.78 bits per heavy atom. The number of pyridine rings is 1. The first-order valence-corrected chi connectivity index (χ1v) is 13.8. The minimum atomic E-state index is -1.09. The van der Waals surface area contributed by atoms with E-state index in [9.17, 15) is 4.79 Å². The number of rotatable bonds is 6. The van der Waals surface area contributed by atoms with Gasteiger partial charge in [0, 0.05) is 32.3 Å². The molecule has 1 saturated carbocycles. The van der Waals surface area contributed by atoms with Gasteiger partial charge in [-0.1, -0.05) is 38.9 Å². The van der Waals surface area contributed by atoms with Crippen LogP contribution in [0.3, 0.4) is 0 Å². The summed E-state index contributed by atoms with van der Waals surface area (Å²) in [6.07, 6.45) is 9.64. The molecule has 146 valence electrons. The average molecular weight is 387 g/mol. The van der Waals surface area contributed by atoms with Gasteiger partial charge in [0.2, 0.25) is 0 Å². The number of aromatic nitrogens is 4. The summed E-state index contributed by atoms with van der Waals surface area (Å²) in [6.45, 7) is 8.36. The number of nitrogens with one attached hydrogen (secondary N) is 1. The molecule has 27 heavy (non-hydrogen) atoms. The van der Waals surface area contributed by atoms with Crippen LogP contribution in [-0.2, 0) is 11.5 Å². The first-order valence-electron chi connectivity index (χ1n) is 10.1. The lowest BCUT2D eigenvalue weighted by Gasteiger charge is -2.23. The molecular formula is C20H30N4O2Si. The quantitative estimate of drug-likeness (QED) is 0.501. The van der Waals surface area contributed by atoms with Crippen molar-refractivity contribution in [3.63, 3.8) is 0 Å². The number of hydrogen-bond donors (Lipinski definition) is 1. The molecule has 1 fully saturated rings. The smallest absolute Gasteiger partial charge is 0.326 e. The number of ether oxygens (including phenoxy) is 1. The van der Waals surface area contributed by atoms with Gasteiger partial charge in [0.1, 0.15) is 12.4 Å². The summed E-state index contributed by atoms with van der Waals surface area (Å²) in [5.41, 5.74) is 2.71. The molecule has 0 bridgehead atoms. The second-order valence-electron chi connectivity index (χ2n) is 8.98. The van der Waals surface area contributed by atoms with Gasteiger partial charge in [-0.2, -0.15) is 0 Å². The van der Waals surface area contributed by atoms with Gasteiger partial charge in [0.25, 0.3) is 0 Å². The Kier molecular flexibility index (Phi) is 4.99. The summed E-state index contributed by atoms with van der Waals surface area (Å²) in [4.78, 5) is 20.3. The zero-order valence-corrected chi connectivity index (χ0v) is 17.6. The minimum absolute atomic E-state index is 0.00895. The van der Waals surface area contributed by atoms with Crippen molar-refractivity contribution in [3.8, 4) is 0 Å². The molecule has 3 aromatic heterocycles. The van der Waals surface area contributed by atoms with E-state index in [1.807, 2.05) is 15.3 Å². The van der Waals surface area contributed by atoms with Gasteiger partial charge in [-0.25, -0.2) is 9.78 Å². The fourth-order valence-corrected chi connectivity index (χ4v) is 4.84. The van der Waals surface area contributed by atoms with Crippen molar-refractivity contribution in [2.24, 2.45) is 0 Å². The van der Waals surface area contributed by atoms with Gasteiger partial charge in [0.15, 0.2) is 0 Å². The number of fused-ring (bicyclic) bond motifs is 3. The van der Waals surface area contributed by atoms with Crippen molar-refractivity contribution < 1.29 is 4.74 Å². The van der Waals surface area contributed by atoms with Crippen LogP contribution in [0.4, 0.5) is 0 Å². The third-order valence-corrected chi connectivity index (χ3v) is 7.33. The maximum Gasteiger partial charge on any atom is 0.326 e. The van der Waals surface area contributed by atoms with Crippen LogP contribution in [0.5, 0.6) is 0 Å². The molecule has 0 saturated heterocycles.